The van der Waals surface area contributed by atoms with E-state index in [0.717, 1.165) is 0 Å². The summed E-state index contributed by atoms with van der Waals surface area (Å²) < 4.78 is 8.88. The second-order valence-electron chi connectivity index (χ2n) is 4.15. The maximum atomic E-state index is 8.88. The number of unbranched alkanes of at least 4 members (excludes halogenated alkanes) is 7. The molecule has 0 unspecified atom stereocenters. The smallest absolute Gasteiger partial charge is 0.303 e. The molecule has 0 aliphatic rings. The monoisotopic (exact) mass is 295 g/mol. The molecule has 0 bridgehead atoms. The lowest BCUT2D eigenvalue weighted by molar-refractivity contribution is 0.275. The highest BCUT2D eigenvalue weighted by Gasteiger charge is 2.00. The molecule has 0 aromatic carbocycles. The van der Waals surface area contributed by atoms with Crippen molar-refractivity contribution >= 4 is 7.82 Å². The number of nitriles is 1. The fourth-order valence-corrected chi connectivity index (χ4v) is 1.21. The molecule has 6 heteroatoms. The van der Waals surface area contributed by atoms with E-state index >= 15 is 0 Å². The van der Waals surface area contributed by atoms with E-state index in [2.05, 4.69) is 13.8 Å². The van der Waals surface area contributed by atoms with Crippen LogP contribution in [0.15, 0.2) is 0 Å². The summed E-state index contributed by atoms with van der Waals surface area (Å²) in [6.07, 6.45) is 12.1. The van der Waals surface area contributed by atoms with Gasteiger partial charge in [-0.15, -0.1) is 0 Å². The fraction of sp³-hybridized carbons (Fsp3) is 0.923. The molecule has 0 heterocycles. The summed E-state index contributed by atoms with van der Waals surface area (Å²) in [7, 11) is -4.64. The van der Waals surface area contributed by atoms with E-state index in [1.54, 1.807) is 0 Å². The van der Waals surface area contributed by atoms with Crippen LogP contribution in [0, 0.1) is 11.3 Å². The largest absolute Gasteiger partial charge is 0.466 e. The molecule has 5 nitrogen and oxygen atoms in total. The Morgan fingerprint density at radius 1 is 0.842 bits per heavy atom. The maximum Gasteiger partial charge on any atom is 0.466 e. The molecule has 0 saturated heterocycles. The second kappa shape index (κ2) is 19.9. The zero-order chi connectivity index (χ0) is 15.6. The van der Waals surface area contributed by atoms with Gasteiger partial charge in [0.2, 0.25) is 0 Å². The summed E-state index contributed by atoms with van der Waals surface area (Å²) in [5.74, 6) is 0. The molecule has 0 aromatic rings. The Morgan fingerprint density at radius 3 is 1.21 bits per heavy atom. The van der Waals surface area contributed by atoms with Crippen LogP contribution in [0.5, 0.6) is 0 Å². The van der Waals surface area contributed by atoms with Gasteiger partial charge in [0.05, 0.1) is 6.07 Å². The van der Waals surface area contributed by atoms with Gasteiger partial charge in [0.25, 0.3) is 0 Å². The molecule has 0 amide bonds. The number of phosphoric acid groups is 1. The van der Waals surface area contributed by atoms with E-state index < -0.39 is 7.82 Å². The minimum Gasteiger partial charge on any atom is -0.303 e. The van der Waals surface area contributed by atoms with Crippen molar-refractivity contribution in [3.05, 3.63) is 0 Å². The van der Waals surface area contributed by atoms with Crippen molar-refractivity contribution in [2.75, 3.05) is 0 Å². The van der Waals surface area contributed by atoms with Crippen LogP contribution in [0.3, 0.4) is 0 Å². The Balaban J connectivity index is -0.000000238. The van der Waals surface area contributed by atoms with Crippen LogP contribution < -0.4 is 0 Å². The van der Waals surface area contributed by atoms with E-state index in [1.165, 1.54) is 51.4 Å². The van der Waals surface area contributed by atoms with Crippen molar-refractivity contribution < 1.29 is 19.2 Å². The number of hydrogen-bond donors (Lipinski definition) is 3. The quantitative estimate of drug-likeness (QED) is 0.484. The van der Waals surface area contributed by atoms with Crippen LogP contribution in [-0.4, -0.2) is 14.7 Å². The molecule has 0 radical (unpaired) electrons. The Morgan fingerprint density at radius 2 is 1.05 bits per heavy atom. The average Bonchev–Trinajstić information content (AvgIpc) is 2.32. The van der Waals surface area contributed by atoms with Gasteiger partial charge in [-0.1, -0.05) is 72.1 Å². The second-order valence-corrected chi connectivity index (χ2v) is 5.17. The molecule has 116 valence electrons. The zero-order valence-electron chi connectivity index (χ0n) is 12.5. The van der Waals surface area contributed by atoms with Gasteiger partial charge in [-0.2, -0.15) is 5.26 Å². The van der Waals surface area contributed by atoms with Crippen molar-refractivity contribution in [1.29, 1.82) is 5.26 Å². The molecule has 0 rings (SSSR count). The van der Waals surface area contributed by atoms with Gasteiger partial charge >= 0.3 is 7.82 Å². The van der Waals surface area contributed by atoms with E-state index in [4.69, 9.17) is 24.5 Å². The molecule has 0 fully saturated rings. The first kappa shape index (κ1) is 23.7. The third-order valence-corrected chi connectivity index (χ3v) is 2.12. The zero-order valence-corrected chi connectivity index (χ0v) is 13.4. The van der Waals surface area contributed by atoms with Crippen LogP contribution in [0.4, 0.5) is 0 Å². The Hall–Kier alpha value is -0.400. The maximum absolute atomic E-state index is 8.88. The van der Waals surface area contributed by atoms with Crippen molar-refractivity contribution in [1.82, 2.24) is 0 Å². The molecule has 0 spiro atoms. The summed E-state index contributed by atoms with van der Waals surface area (Å²) >= 11 is 0. The van der Waals surface area contributed by atoms with E-state index in [9.17, 15) is 0 Å². The summed E-state index contributed by atoms with van der Waals surface area (Å²) in [6.45, 7) is 6.36. The van der Waals surface area contributed by atoms with Crippen LogP contribution in [0.1, 0.15) is 78.6 Å². The number of rotatable bonds is 7. The van der Waals surface area contributed by atoms with Crippen LogP contribution in [0.25, 0.3) is 0 Å². The molecular weight excluding hydrogens is 265 g/mol. The van der Waals surface area contributed by atoms with E-state index in [0.29, 0.717) is 6.42 Å². The number of hydrogen-bond acceptors (Lipinski definition) is 2. The van der Waals surface area contributed by atoms with Crippen molar-refractivity contribution in [2.24, 2.45) is 0 Å². The lowest BCUT2D eigenvalue weighted by Crippen LogP contribution is -1.77. The third kappa shape index (κ3) is 74.2. The fourth-order valence-electron chi connectivity index (χ4n) is 1.21. The molecule has 0 saturated carbocycles. The Kier molecular flexibility index (Phi) is 24.8. The minimum atomic E-state index is -4.64. The summed E-state index contributed by atoms with van der Waals surface area (Å²) in [5, 5.41) is 7.62. The van der Waals surface area contributed by atoms with Crippen molar-refractivity contribution in [3.63, 3.8) is 0 Å². The highest BCUT2D eigenvalue weighted by molar-refractivity contribution is 7.45. The molecular formula is C13H30NO4P. The molecule has 0 aromatic heterocycles. The van der Waals surface area contributed by atoms with Gasteiger partial charge < -0.3 is 14.7 Å². The lowest BCUT2D eigenvalue weighted by Gasteiger charge is -1.97. The standard InChI is InChI=1S/C10H22.C3H5N.H3O4P/c1-3-5-7-9-10-8-6-4-2;1-2-3-4;1-5(2,3)4/h3-10H2,1-2H3;2H2,1H3;(H3,1,2,3,4). The number of nitrogens with zero attached hydrogens (tertiary/aromatic N) is 1. The Labute approximate surface area is 117 Å². The topological polar surface area (TPSA) is 102 Å². The third-order valence-electron chi connectivity index (χ3n) is 2.12. The predicted octanol–water partition coefficient (Wildman–Crippen LogP) is 4.14. The first-order valence-electron chi connectivity index (χ1n) is 6.98. The Bertz CT molecular complexity index is 219. The summed E-state index contributed by atoms with van der Waals surface area (Å²) in [5.41, 5.74) is 0. The van der Waals surface area contributed by atoms with Crippen LogP contribution >= 0.6 is 7.82 Å². The van der Waals surface area contributed by atoms with Gasteiger partial charge in [0, 0.05) is 6.42 Å². The van der Waals surface area contributed by atoms with Gasteiger partial charge in [-0.3, -0.25) is 0 Å². The molecule has 0 aliphatic heterocycles. The summed E-state index contributed by atoms with van der Waals surface area (Å²) in [6, 6.07) is 1.93. The molecule has 0 atom stereocenters. The lowest BCUT2D eigenvalue weighted by atomic mass is 10.1. The average molecular weight is 295 g/mol. The van der Waals surface area contributed by atoms with Crippen molar-refractivity contribution in [3.8, 4) is 6.07 Å². The first-order chi connectivity index (χ1) is 8.83. The van der Waals surface area contributed by atoms with Crippen LogP contribution in [0.2, 0.25) is 0 Å². The highest BCUT2D eigenvalue weighted by atomic mass is 31.2. The molecule has 0 aliphatic carbocycles. The normalized spacial score (nSPS) is 9.53. The van der Waals surface area contributed by atoms with Gasteiger partial charge in [-0.25, -0.2) is 4.57 Å². The SMILES string of the molecule is CCC#N.CCCCCCCCCC.O=P(O)(O)O. The van der Waals surface area contributed by atoms with E-state index in [-0.39, 0.29) is 0 Å². The minimum absolute atomic E-state index is 0.625. The first-order valence-corrected chi connectivity index (χ1v) is 8.55. The predicted molar refractivity (Wildman–Crippen MR) is 78.5 cm³/mol. The van der Waals surface area contributed by atoms with Gasteiger partial charge in [0.15, 0.2) is 0 Å². The van der Waals surface area contributed by atoms with Crippen molar-refractivity contribution in [2.45, 2.75) is 78.6 Å². The van der Waals surface area contributed by atoms with E-state index in [1.807, 2.05) is 13.0 Å². The van der Waals surface area contributed by atoms with Crippen LogP contribution in [-0.2, 0) is 4.57 Å². The highest BCUT2D eigenvalue weighted by Crippen LogP contribution is 2.25. The summed E-state index contributed by atoms with van der Waals surface area (Å²) in [4.78, 5) is 21.6. The molecule has 19 heavy (non-hydrogen) atoms. The molecule has 3 N–H and O–H groups in total. The van der Waals surface area contributed by atoms with Gasteiger partial charge in [0.1, 0.15) is 0 Å². The van der Waals surface area contributed by atoms with Gasteiger partial charge in [-0.05, 0) is 0 Å².